The molecule has 6 nitrogen and oxygen atoms in total. The normalized spacial score (nSPS) is 17.4. The molecule has 1 unspecified atom stereocenters. The first-order valence-electron chi connectivity index (χ1n) is 10.2. The van der Waals surface area contributed by atoms with E-state index in [-0.39, 0.29) is 11.8 Å². The van der Waals surface area contributed by atoms with Crippen molar-refractivity contribution >= 4 is 16.9 Å². The van der Waals surface area contributed by atoms with E-state index in [0.717, 1.165) is 48.2 Å². The zero-order valence-electron chi connectivity index (χ0n) is 16.9. The van der Waals surface area contributed by atoms with Gasteiger partial charge < -0.3 is 5.32 Å². The molecule has 3 aromatic rings. The third-order valence-electron chi connectivity index (χ3n) is 5.52. The molecule has 158 valence electrons. The van der Waals surface area contributed by atoms with Gasteiger partial charge in [-0.3, -0.25) is 9.69 Å². The monoisotopic (exact) mass is 413 g/mol. The second kappa shape index (κ2) is 8.87. The highest BCUT2D eigenvalue weighted by Gasteiger charge is 2.26. The van der Waals surface area contributed by atoms with Crippen LogP contribution in [0.25, 0.3) is 11.0 Å². The average molecular weight is 413 g/mol. The first kappa shape index (κ1) is 20.4. The summed E-state index contributed by atoms with van der Waals surface area (Å²) in [5.41, 5.74) is 2.59. The molecule has 0 saturated carbocycles. The molecule has 1 atom stereocenters. The Balaban J connectivity index is 1.52. The Morgan fingerprint density at radius 3 is 2.93 bits per heavy atom. The second-order valence-electron chi connectivity index (χ2n) is 7.79. The van der Waals surface area contributed by atoms with Gasteiger partial charge in [0.25, 0.3) is 0 Å². The van der Waals surface area contributed by atoms with Crippen LogP contribution in [0.1, 0.15) is 36.9 Å². The Morgan fingerprint density at radius 1 is 1.27 bits per heavy atom. The molecule has 1 aliphatic rings. The van der Waals surface area contributed by atoms with Gasteiger partial charge in [0.1, 0.15) is 0 Å². The number of benzene rings is 1. The number of carbonyl (C=O) groups excluding carboxylic acids is 1. The molecule has 0 bridgehead atoms. The number of nitrogens with zero attached hydrogens (tertiary/aromatic N) is 4. The Kier molecular flexibility index (Phi) is 6.03. The van der Waals surface area contributed by atoms with Crippen molar-refractivity contribution in [3.63, 3.8) is 0 Å². The van der Waals surface area contributed by atoms with Crippen LogP contribution >= 0.6 is 0 Å². The number of rotatable bonds is 6. The van der Waals surface area contributed by atoms with Crippen LogP contribution in [0, 0.1) is 11.6 Å². The number of fused-ring (bicyclic) bond motifs is 1. The van der Waals surface area contributed by atoms with Gasteiger partial charge in [-0.2, -0.15) is 5.10 Å². The van der Waals surface area contributed by atoms with E-state index < -0.39 is 11.6 Å². The maximum absolute atomic E-state index is 13.6. The van der Waals surface area contributed by atoms with Crippen molar-refractivity contribution in [3.8, 4) is 0 Å². The number of hydrogen-bond donors (Lipinski definition) is 1. The molecule has 1 amide bonds. The summed E-state index contributed by atoms with van der Waals surface area (Å²) in [7, 11) is 0. The molecule has 2 aromatic heterocycles. The lowest BCUT2D eigenvalue weighted by atomic mass is 9.93. The predicted molar refractivity (Wildman–Crippen MR) is 110 cm³/mol. The van der Waals surface area contributed by atoms with E-state index in [4.69, 9.17) is 5.10 Å². The van der Waals surface area contributed by atoms with E-state index in [1.807, 2.05) is 16.8 Å². The molecule has 1 saturated heterocycles. The number of carbonyl (C=O) groups is 1. The Bertz CT molecular complexity index is 1050. The quantitative estimate of drug-likeness (QED) is 0.674. The lowest BCUT2D eigenvalue weighted by Crippen LogP contribution is -2.34. The SMILES string of the molecule is CC(=O)NCCn1nc(C2CCCN(Cc3ccc(F)c(F)c3)C2)c2cccnc21. The van der Waals surface area contributed by atoms with E-state index in [2.05, 4.69) is 15.2 Å². The van der Waals surface area contributed by atoms with Gasteiger partial charge in [-0.1, -0.05) is 6.07 Å². The number of likely N-dealkylation sites (tertiary alicyclic amines) is 1. The van der Waals surface area contributed by atoms with Gasteiger partial charge in [-0.05, 0) is 49.2 Å². The molecule has 1 aromatic carbocycles. The number of hydrogen-bond acceptors (Lipinski definition) is 4. The van der Waals surface area contributed by atoms with E-state index in [1.165, 1.54) is 19.1 Å². The van der Waals surface area contributed by atoms with Crippen molar-refractivity contribution < 1.29 is 13.6 Å². The topological polar surface area (TPSA) is 63.1 Å². The molecule has 4 rings (SSSR count). The van der Waals surface area contributed by atoms with Crippen LogP contribution in [0.5, 0.6) is 0 Å². The standard InChI is InChI=1S/C22H25F2N5O/c1-15(30)25-9-11-29-22-18(5-2-8-26-22)21(27-29)17-4-3-10-28(14-17)13-16-6-7-19(23)20(24)12-16/h2,5-8,12,17H,3-4,9-11,13-14H2,1H3,(H,25,30). The summed E-state index contributed by atoms with van der Waals surface area (Å²) in [5, 5.41) is 8.67. The third kappa shape index (κ3) is 4.48. The molecule has 3 heterocycles. The van der Waals surface area contributed by atoms with Crippen molar-refractivity contribution in [2.24, 2.45) is 0 Å². The fraction of sp³-hybridized carbons (Fsp3) is 0.409. The summed E-state index contributed by atoms with van der Waals surface area (Å²) in [4.78, 5) is 17.9. The van der Waals surface area contributed by atoms with E-state index in [1.54, 1.807) is 12.3 Å². The summed E-state index contributed by atoms with van der Waals surface area (Å²) < 4.78 is 28.6. The molecule has 30 heavy (non-hydrogen) atoms. The summed E-state index contributed by atoms with van der Waals surface area (Å²) in [6.07, 6.45) is 3.77. The molecule has 0 radical (unpaired) electrons. The number of piperidine rings is 1. The van der Waals surface area contributed by atoms with E-state index >= 15 is 0 Å². The number of halogens is 2. The van der Waals surface area contributed by atoms with Crippen molar-refractivity contribution in [2.75, 3.05) is 19.6 Å². The van der Waals surface area contributed by atoms with E-state index in [0.29, 0.717) is 19.6 Å². The van der Waals surface area contributed by atoms with E-state index in [9.17, 15) is 13.6 Å². The van der Waals surface area contributed by atoms with Gasteiger partial charge in [0.05, 0.1) is 12.2 Å². The van der Waals surface area contributed by atoms with Crippen LogP contribution in [0.2, 0.25) is 0 Å². The third-order valence-corrected chi connectivity index (χ3v) is 5.52. The van der Waals surface area contributed by atoms with Crippen LogP contribution in [0.3, 0.4) is 0 Å². The molecule has 8 heteroatoms. The van der Waals surface area contributed by atoms with Crippen LogP contribution in [-0.2, 0) is 17.9 Å². The molecule has 1 aliphatic heterocycles. The van der Waals surface area contributed by atoms with Crippen LogP contribution < -0.4 is 5.32 Å². The fourth-order valence-corrected chi connectivity index (χ4v) is 4.15. The minimum absolute atomic E-state index is 0.0696. The summed E-state index contributed by atoms with van der Waals surface area (Å²) in [6.45, 7) is 4.83. The summed E-state index contributed by atoms with van der Waals surface area (Å²) in [6, 6.07) is 8.04. The van der Waals surface area contributed by atoms with Gasteiger partial charge in [-0.15, -0.1) is 0 Å². The Hall–Kier alpha value is -2.87. The van der Waals surface area contributed by atoms with Gasteiger partial charge in [-0.25, -0.2) is 18.4 Å². The zero-order valence-corrected chi connectivity index (χ0v) is 16.9. The summed E-state index contributed by atoms with van der Waals surface area (Å²) >= 11 is 0. The van der Waals surface area contributed by atoms with Crippen LogP contribution in [0.15, 0.2) is 36.5 Å². The maximum atomic E-state index is 13.6. The van der Waals surface area contributed by atoms with Crippen molar-refractivity contribution in [2.45, 2.75) is 38.8 Å². The first-order valence-corrected chi connectivity index (χ1v) is 10.2. The number of aromatic nitrogens is 3. The minimum atomic E-state index is -0.820. The average Bonchev–Trinajstić information content (AvgIpc) is 3.10. The molecule has 0 aliphatic carbocycles. The van der Waals surface area contributed by atoms with Gasteiger partial charge in [0.15, 0.2) is 17.3 Å². The second-order valence-corrected chi connectivity index (χ2v) is 7.79. The molecular weight excluding hydrogens is 388 g/mol. The molecular formula is C22H25F2N5O. The Morgan fingerprint density at radius 2 is 2.13 bits per heavy atom. The lowest BCUT2D eigenvalue weighted by molar-refractivity contribution is -0.118. The first-order chi connectivity index (χ1) is 14.5. The molecule has 0 spiro atoms. The number of pyridine rings is 1. The van der Waals surface area contributed by atoms with Gasteiger partial charge in [0, 0.05) is 44.1 Å². The van der Waals surface area contributed by atoms with Crippen molar-refractivity contribution in [1.29, 1.82) is 0 Å². The molecule has 1 fully saturated rings. The number of nitrogens with one attached hydrogen (secondary N) is 1. The fourth-order valence-electron chi connectivity index (χ4n) is 4.15. The zero-order chi connectivity index (χ0) is 21.1. The lowest BCUT2D eigenvalue weighted by Gasteiger charge is -2.32. The highest BCUT2D eigenvalue weighted by atomic mass is 19.2. The summed E-state index contributed by atoms with van der Waals surface area (Å²) in [5.74, 6) is -1.47. The Labute approximate surface area is 173 Å². The maximum Gasteiger partial charge on any atom is 0.216 e. The molecule has 1 N–H and O–H groups in total. The highest BCUT2D eigenvalue weighted by Crippen LogP contribution is 2.31. The van der Waals surface area contributed by atoms with Crippen LogP contribution in [0.4, 0.5) is 8.78 Å². The smallest absolute Gasteiger partial charge is 0.216 e. The van der Waals surface area contributed by atoms with Gasteiger partial charge >= 0.3 is 0 Å². The largest absolute Gasteiger partial charge is 0.354 e. The highest BCUT2D eigenvalue weighted by molar-refractivity contribution is 5.79. The van der Waals surface area contributed by atoms with Crippen LogP contribution in [-0.4, -0.2) is 45.2 Å². The van der Waals surface area contributed by atoms with Crippen molar-refractivity contribution in [1.82, 2.24) is 25.0 Å². The van der Waals surface area contributed by atoms with Crippen molar-refractivity contribution in [3.05, 3.63) is 59.4 Å². The predicted octanol–water partition coefficient (Wildman–Crippen LogP) is 3.23. The minimum Gasteiger partial charge on any atom is -0.354 e. The van der Waals surface area contributed by atoms with Gasteiger partial charge in [0.2, 0.25) is 5.91 Å². The number of amides is 1.